The summed E-state index contributed by atoms with van der Waals surface area (Å²) in [6.45, 7) is 0. The van der Waals surface area contributed by atoms with Crippen LogP contribution in [-0.4, -0.2) is 15.0 Å². The molecule has 272 valence electrons. The molecule has 0 bridgehead atoms. The minimum Gasteiger partial charge on any atom is -0.354 e. The minimum absolute atomic E-state index is 1.09. The van der Waals surface area contributed by atoms with Crippen LogP contribution in [0.4, 0.5) is 17.1 Å². The number of aromatic amines is 3. The maximum absolute atomic E-state index is 3.61. The Morgan fingerprint density at radius 1 is 0.224 bits per heavy atom. The summed E-state index contributed by atoms with van der Waals surface area (Å²) in [4.78, 5) is 13.2. The highest BCUT2D eigenvalue weighted by atomic mass is 15.1. The van der Waals surface area contributed by atoms with Crippen LogP contribution in [0.3, 0.4) is 0 Å². The molecule has 0 unspecified atom stereocenters. The number of hydrogen-bond donors (Lipinski definition) is 3. The first-order chi connectivity index (χ1) is 28.7. The third-order valence-electron chi connectivity index (χ3n) is 11.9. The first kappa shape index (κ1) is 32.4. The van der Waals surface area contributed by atoms with Gasteiger partial charge in [0.25, 0.3) is 0 Å². The van der Waals surface area contributed by atoms with Gasteiger partial charge < -0.3 is 19.9 Å². The van der Waals surface area contributed by atoms with Crippen LogP contribution >= 0.6 is 0 Å². The Balaban J connectivity index is 0.911. The number of fused-ring (bicyclic) bond motifs is 9. The van der Waals surface area contributed by atoms with Gasteiger partial charge in [-0.3, -0.25) is 0 Å². The number of nitrogens with zero attached hydrogens (tertiary/aromatic N) is 1. The predicted molar refractivity (Wildman–Crippen MR) is 246 cm³/mol. The van der Waals surface area contributed by atoms with Crippen molar-refractivity contribution in [2.24, 2.45) is 0 Å². The Morgan fingerprint density at radius 3 is 0.793 bits per heavy atom. The lowest BCUT2D eigenvalue weighted by Gasteiger charge is -2.26. The van der Waals surface area contributed by atoms with E-state index in [0.29, 0.717) is 0 Å². The van der Waals surface area contributed by atoms with E-state index >= 15 is 0 Å². The smallest absolute Gasteiger partial charge is 0.0471 e. The van der Waals surface area contributed by atoms with Crippen molar-refractivity contribution in [2.75, 3.05) is 4.90 Å². The molecule has 3 N–H and O–H groups in total. The van der Waals surface area contributed by atoms with Crippen LogP contribution < -0.4 is 4.90 Å². The van der Waals surface area contributed by atoms with Crippen LogP contribution in [0.1, 0.15) is 0 Å². The molecule has 12 aromatic rings. The quantitative estimate of drug-likeness (QED) is 0.156. The molecule has 3 aromatic heterocycles. The van der Waals surface area contributed by atoms with Crippen molar-refractivity contribution in [3.05, 3.63) is 200 Å². The van der Waals surface area contributed by atoms with E-state index in [0.717, 1.165) is 50.2 Å². The average molecular weight is 741 g/mol. The molecule has 4 nitrogen and oxygen atoms in total. The van der Waals surface area contributed by atoms with E-state index in [4.69, 9.17) is 0 Å². The van der Waals surface area contributed by atoms with E-state index in [1.165, 1.54) is 65.7 Å². The van der Waals surface area contributed by atoms with Crippen molar-refractivity contribution in [3.63, 3.8) is 0 Å². The van der Waals surface area contributed by atoms with E-state index in [1.54, 1.807) is 0 Å². The van der Waals surface area contributed by atoms with E-state index in [2.05, 4.69) is 220 Å². The van der Waals surface area contributed by atoms with Gasteiger partial charge in [0.15, 0.2) is 0 Å². The number of benzene rings is 9. The minimum atomic E-state index is 1.09. The van der Waals surface area contributed by atoms with Crippen LogP contribution in [0.5, 0.6) is 0 Å². The zero-order valence-electron chi connectivity index (χ0n) is 31.5. The molecular weight excluding hydrogens is 705 g/mol. The van der Waals surface area contributed by atoms with Gasteiger partial charge in [-0.15, -0.1) is 0 Å². The normalized spacial score (nSPS) is 11.8. The summed E-state index contributed by atoms with van der Waals surface area (Å²) in [5.74, 6) is 0. The lowest BCUT2D eigenvalue weighted by Crippen LogP contribution is -2.09. The maximum atomic E-state index is 3.61. The fraction of sp³-hybridized carbons (Fsp3) is 0. The summed E-state index contributed by atoms with van der Waals surface area (Å²) >= 11 is 0. The van der Waals surface area contributed by atoms with Gasteiger partial charge in [0.2, 0.25) is 0 Å². The summed E-state index contributed by atoms with van der Waals surface area (Å²) < 4.78 is 0. The molecule has 0 aliphatic heterocycles. The average Bonchev–Trinajstić information content (AvgIpc) is 3.97. The van der Waals surface area contributed by atoms with E-state index in [-0.39, 0.29) is 0 Å². The number of hydrogen-bond acceptors (Lipinski definition) is 1. The molecule has 0 aliphatic carbocycles. The molecule has 0 fully saturated rings. The van der Waals surface area contributed by atoms with Crippen LogP contribution in [0.15, 0.2) is 200 Å². The van der Waals surface area contributed by atoms with Crippen LogP contribution in [-0.2, 0) is 0 Å². The molecule has 0 saturated carbocycles. The van der Waals surface area contributed by atoms with Crippen LogP contribution in [0.25, 0.3) is 98.8 Å². The first-order valence-corrected chi connectivity index (χ1v) is 19.8. The second kappa shape index (κ2) is 12.9. The third kappa shape index (κ3) is 5.31. The van der Waals surface area contributed by atoms with Crippen molar-refractivity contribution in [2.45, 2.75) is 0 Å². The molecule has 3 heterocycles. The molecule has 58 heavy (non-hydrogen) atoms. The maximum Gasteiger partial charge on any atom is 0.0471 e. The lowest BCUT2D eigenvalue weighted by atomic mass is 10.0. The summed E-state index contributed by atoms with van der Waals surface area (Å²) in [5, 5.41) is 7.50. The second-order valence-corrected chi connectivity index (χ2v) is 15.3. The number of para-hydroxylation sites is 3. The fourth-order valence-electron chi connectivity index (χ4n) is 8.96. The zero-order valence-corrected chi connectivity index (χ0v) is 31.5. The van der Waals surface area contributed by atoms with Crippen molar-refractivity contribution in [1.29, 1.82) is 0 Å². The highest BCUT2D eigenvalue weighted by Crippen LogP contribution is 2.39. The largest absolute Gasteiger partial charge is 0.354 e. The van der Waals surface area contributed by atoms with Crippen LogP contribution in [0.2, 0.25) is 0 Å². The van der Waals surface area contributed by atoms with Gasteiger partial charge in [-0.05, 0) is 106 Å². The molecule has 12 rings (SSSR count). The van der Waals surface area contributed by atoms with Gasteiger partial charge in [0.1, 0.15) is 0 Å². The highest BCUT2D eigenvalue weighted by Gasteiger charge is 2.15. The molecule has 0 spiro atoms. The molecule has 4 heteroatoms. The number of H-pyrrole nitrogens is 3. The van der Waals surface area contributed by atoms with Gasteiger partial charge in [0, 0.05) is 82.5 Å². The Hall–Kier alpha value is -7.82. The third-order valence-corrected chi connectivity index (χ3v) is 11.9. The summed E-state index contributed by atoms with van der Waals surface area (Å²) in [5.41, 5.74) is 17.3. The lowest BCUT2D eigenvalue weighted by molar-refractivity contribution is 1.28. The van der Waals surface area contributed by atoms with Crippen molar-refractivity contribution < 1.29 is 0 Å². The summed E-state index contributed by atoms with van der Waals surface area (Å²) in [6, 6.07) is 72.5. The van der Waals surface area contributed by atoms with E-state index in [9.17, 15) is 0 Å². The standard InChI is InChI=1S/C54H36N4/c1-4-10-49-43(7-1)46-28-19-37(31-52(46)55-49)34-13-22-40(23-14-34)58(41-24-15-35(16-25-41)38-20-29-47-44-8-2-5-11-50(44)56-53(47)32-38)42-26-17-36(18-27-42)39-21-30-48-45-9-3-6-12-51(45)57-54(48)33-39/h1-33,55-57H. The monoisotopic (exact) mass is 740 g/mol. The molecular formula is C54H36N4. The Labute approximate surface area is 334 Å². The van der Waals surface area contributed by atoms with E-state index in [1.807, 2.05) is 0 Å². The van der Waals surface area contributed by atoms with Gasteiger partial charge >= 0.3 is 0 Å². The van der Waals surface area contributed by atoms with Crippen molar-refractivity contribution in [3.8, 4) is 33.4 Å². The molecule has 0 aliphatic rings. The SMILES string of the molecule is c1ccc2c(c1)[nH]c1cc(-c3ccc(N(c4ccc(-c5ccc6c(c5)[nH]c5ccccc56)cc4)c4ccc(-c5ccc6c(c5)[nH]c5ccccc56)cc4)cc3)ccc12. The predicted octanol–water partition coefficient (Wildman–Crippen LogP) is 15.1. The molecule has 0 amide bonds. The fourth-order valence-corrected chi connectivity index (χ4v) is 8.96. The highest BCUT2D eigenvalue weighted by molar-refractivity contribution is 6.10. The van der Waals surface area contributed by atoms with Gasteiger partial charge in [-0.2, -0.15) is 0 Å². The number of rotatable bonds is 6. The molecule has 9 aromatic carbocycles. The summed E-state index contributed by atoms with van der Waals surface area (Å²) in [7, 11) is 0. The van der Waals surface area contributed by atoms with Crippen molar-refractivity contribution in [1.82, 2.24) is 15.0 Å². The summed E-state index contributed by atoms with van der Waals surface area (Å²) in [6.07, 6.45) is 0. The molecule has 0 atom stereocenters. The topological polar surface area (TPSA) is 50.6 Å². The number of aromatic nitrogens is 3. The zero-order chi connectivity index (χ0) is 38.2. The van der Waals surface area contributed by atoms with E-state index < -0.39 is 0 Å². The first-order valence-electron chi connectivity index (χ1n) is 19.8. The van der Waals surface area contributed by atoms with Gasteiger partial charge in [0.05, 0.1) is 0 Å². The second-order valence-electron chi connectivity index (χ2n) is 15.3. The Kier molecular flexibility index (Phi) is 7.20. The van der Waals surface area contributed by atoms with Gasteiger partial charge in [-0.25, -0.2) is 0 Å². The van der Waals surface area contributed by atoms with Crippen LogP contribution in [0, 0.1) is 0 Å². The molecule has 0 saturated heterocycles. The van der Waals surface area contributed by atoms with Gasteiger partial charge in [-0.1, -0.05) is 127 Å². The number of nitrogens with one attached hydrogen (secondary N) is 3. The Morgan fingerprint density at radius 2 is 0.483 bits per heavy atom. The van der Waals surface area contributed by atoms with Crippen molar-refractivity contribution >= 4 is 82.5 Å². The Bertz CT molecular complexity index is 3120. The molecule has 0 radical (unpaired) electrons. The number of anilines is 3.